The third-order valence-electron chi connectivity index (χ3n) is 4.04. The number of H-pyrrole nitrogens is 1. The second-order valence-corrected chi connectivity index (χ2v) is 6.28. The molecule has 0 aliphatic carbocycles. The minimum atomic E-state index is -0.285. The summed E-state index contributed by atoms with van der Waals surface area (Å²) < 4.78 is 0.350. The van der Waals surface area contributed by atoms with Crippen molar-refractivity contribution in [3.63, 3.8) is 0 Å². The highest BCUT2D eigenvalue weighted by molar-refractivity contribution is 9.12. The molecule has 0 saturated carbocycles. The quantitative estimate of drug-likeness (QED) is 0.846. The fourth-order valence-electron chi connectivity index (χ4n) is 2.85. The van der Waals surface area contributed by atoms with Crippen molar-refractivity contribution in [1.82, 2.24) is 9.88 Å². The van der Waals surface area contributed by atoms with Crippen molar-refractivity contribution in [1.29, 1.82) is 0 Å². The van der Waals surface area contributed by atoms with Crippen LogP contribution >= 0.6 is 15.9 Å². The smallest absolute Gasteiger partial charge is 0.268 e. The van der Waals surface area contributed by atoms with Crippen LogP contribution in [0, 0.1) is 0 Å². The van der Waals surface area contributed by atoms with Crippen LogP contribution < -0.4 is 0 Å². The summed E-state index contributed by atoms with van der Waals surface area (Å²) in [7, 11) is 1.51. The number of benzene rings is 1. The molecule has 114 valence electrons. The van der Waals surface area contributed by atoms with Gasteiger partial charge in [0.15, 0.2) is 0 Å². The molecule has 2 heterocycles. The molecule has 2 aromatic rings. The molecule has 0 fully saturated rings. The van der Waals surface area contributed by atoms with Crippen LogP contribution in [-0.4, -0.2) is 28.7 Å². The molecule has 0 radical (unpaired) electrons. The predicted octanol–water partition coefficient (Wildman–Crippen LogP) is 3.62. The molecular weight excluding hydrogens is 344 g/mol. The van der Waals surface area contributed by atoms with E-state index in [9.17, 15) is 9.59 Å². The number of fused-ring (bicyclic) bond motifs is 1. The summed E-state index contributed by atoms with van der Waals surface area (Å²) in [5, 5.41) is 0.983. The Morgan fingerprint density at radius 2 is 1.91 bits per heavy atom. The molecule has 4 nitrogen and oxygen atoms in total. The zero-order valence-electron chi connectivity index (χ0n) is 12.6. The van der Waals surface area contributed by atoms with Crippen molar-refractivity contribution >= 4 is 44.2 Å². The number of carbonyl (C=O) groups is 2. The Kier molecular flexibility index (Phi) is 3.91. The lowest BCUT2D eigenvalue weighted by Gasteiger charge is -2.08. The number of aromatic amines is 1. The Labute approximate surface area is 137 Å². The van der Waals surface area contributed by atoms with Gasteiger partial charge in [-0.3, -0.25) is 14.5 Å². The Balaban J connectivity index is 2.25. The highest BCUT2D eigenvalue weighted by Crippen LogP contribution is 2.38. The van der Waals surface area contributed by atoms with Crippen molar-refractivity contribution in [2.75, 3.05) is 7.05 Å². The SMILES string of the molecule is CCCCc1[nH]c2ccccc2c1C1=C(Br)C(=O)N(C)C1=O. The van der Waals surface area contributed by atoms with Crippen LogP contribution in [0.2, 0.25) is 0 Å². The van der Waals surface area contributed by atoms with E-state index in [-0.39, 0.29) is 11.8 Å². The van der Waals surface area contributed by atoms with E-state index in [2.05, 4.69) is 27.8 Å². The molecule has 0 unspecified atom stereocenters. The maximum Gasteiger partial charge on any atom is 0.268 e. The molecule has 1 aromatic carbocycles. The highest BCUT2D eigenvalue weighted by atomic mass is 79.9. The number of halogens is 1. The fourth-order valence-corrected chi connectivity index (χ4v) is 3.48. The first-order valence-corrected chi connectivity index (χ1v) is 8.17. The van der Waals surface area contributed by atoms with E-state index < -0.39 is 0 Å². The normalized spacial score (nSPS) is 15.5. The van der Waals surface area contributed by atoms with Gasteiger partial charge in [0.1, 0.15) is 0 Å². The van der Waals surface area contributed by atoms with E-state index in [0.29, 0.717) is 10.1 Å². The van der Waals surface area contributed by atoms with E-state index in [1.807, 2.05) is 24.3 Å². The molecule has 0 saturated heterocycles. The molecule has 0 spiro atoms. The number of hydrogen-bond acceptors (Lipinski definition) is 2. The zero-order valence-corrected chi connectivity index (χ0v) is 14.2. The number of nitrogens with one attached hydrogen (secondary N) is 1. The maximum absolute atomic E-state index is 12.5. The maximum atomic E-state index is 12.5. The fraction of sp³-hybridized carbons (Fsp3) is 0.294. The molecule has 22 heavy (non-hydrogen) atoms. The van der Waals surface area contributed by atoms with Gasteiger partial charge in [-0.25, -0.2) is 0 Å². The molecule has 1 aliphatic rings. The molecule has 0 atom stereocenters. The number of para-hydroxylation sites is 1. The Hall–Kier alpha value is -1.88. The van der Waals surface area contributed by atoms with Gasteiger partial charge in [0.25, 0.3) is 11.8 Å². The molecule has 3 rings (SSSR count). The summed E-state index contributed by atoms with van der Waals surface area (Å²) in [6.07, 6.45) is 2.96. The van der Waals surface area contributed by atoms with Crippen LogP contribution in [0.15, 0.2) is 28.7 Å². The molecule has 1 N–H and O–H groups in total. The first kappa shape index (κ1) is 15.0. The molecule has 5 heteroatoms. The van der Waals surface area contributed by atoms with Gasteiger partial charge in [-0.1, -0.05) is 31.5 Å². The Morgan fingerprint density at radius 3 is 2.55 bits per heavy atom. The van der Waals surface area contributed by atoms with Crippen LogP contribution in [-0.2, 0) is 16.0 Å². The second-order valence-electron chi connectivity index (χ2n) is 5.49. The van der Waals surface area contributed by atoms with Gasteiger partial charge in [-0.05, 0) is 34.8 Å². The van der Waals surface area contributed by atoms with Crippen LogP contribution in [0.3, 0.4) is 0 Å². The van der Waals surface area contributed by atoms with Gasteiger partial charge in [-0.15, -0.1) is 0 Å². The van der Waals surface area contributed by atoms with Crippen LogP contribution in [0.5, 0.6) is 0 Å². The number of carbonyl (C=O) groups excluding carboxylic acids is 2. The molecule has 2 amide bonds. The lowest BCUT2D eigenvalue weighted by atomic mass is 9.99. The van der Waals surface area contributed by atoms with Crippen molar-refractivity contribution in [2.24, 2.45) is 0 Å². The largest absolute Gasteiger partial charge is 0.358 e. The molecule has 1 aliphatic heterocycles. The van der Waals surface area contributed by atoms with Gasteiger partial charge in [-0.2, -0.15) is 0 Å². The van der Waals surface area contributed by atoms with Crippen LogP contribution in [0.1, 0.15) is 31.0 Å². The number of aryl methyl sites for hydroxylation is 1. The van der Waals surface area contributed by atoms with Gasteiger partial charge >= 0.3 is 0 Å². The number of hydrogen-bond donors (Lipinski definition) is 1. The Bertz CT molecular complexity index is 804. The molecular formula is C17H17BrN2O2. The summed E-state index contributed by atoms with van der Waals surface area (Å²) >= 11 is 3.31. The highest BCUT2D eigenvalue weighted by Gasteiger charge is 2.37. The molecule has 0 bridgehead atoms. The van der Waals surface area contributed by atoms with Gasteiger partial charge < -0.3 is 4.98 Å². The number of aromatic nitrogens is 1. The van der Waals surface area contributed by atoms with Crippen molar-refractivity contribution < 1.29 is 9.59 Å². The van der Waals surface area contributed by atoms with Crippen molar-refractivity contribution in [3.05, 3.63) is 40.0 Å². The second kappa shape index (κ2) is 5.72. The third kappa shape index (κ3) is 2.20. The lowest BCUT2D eigenvalue weighted by molar-refractivity contribution is -0.134. The van der Waals surface area contributed by atoms with E-state index >= 15 is 0 Å². The minimum Gasteiger partial charge on any atom is -0.358 e. The van der Waals surface area contributed by atoms with Gasteiger partial charge in [0, 0.05) is 29.2 Å². The summed E-state index contributed by atoms with van der Waals surface area (Å²) in [6, 6.07) is 7.89. The topological polar surface area (TPSA) is 53.2 Å². The van der Waals surface area contributed by atoms with E-state index in [0.717, 1.165) is 46.3 Å². The zero-order chi connectivity index (χ0) is 15.9. The first-order valence-electron chi connectivity index (χ1n) is 7.38. The van der Waals surface area contributed by atoms with E-state index in [1.54, 1.807) is 0 Å². The summed E-state index contributed by atoms with van der Waals surface area (Å²) in [6.45, 7) is 2.13. The van der Waals surface area contributed by atoms with Crippen LogP contribution in [0.4, 0.5) is 0 Å². The van der Waals surface area contributed by atoms with Crippen molar-refractivity contribution in [3.8, 4) is 0 Å². The lowest BCUT2D eigenvalue weighted by Crippen LogP contribution is -2.26. The van der Waals surface area contributed by atoms with Gasteiger partial charge in [0.2, 0.25) is 0 Å². The summed E-state index contributed by atoms with van der Waals surface area (Å²) in [5.41, 5.74) is 3.34. The van der Waals surface area contributed by atoms with E-state index in [4.69, 9.17) is 0 Å². The third-order valence-corrected chi connectivity index (χ3v) is 4.78. The number of unbranched alkanes of at least 4 members (excludes halogenated alkanes) is 1. The standard InChI is InChI=1S/C17H17BrN2O2/c1-3-4-8-12-13(10-7-5-6-9-11(10)19-12)14-15(18)17(22)20(2)16(14)21/h5-7,9,19H,3-4,8H2,1-2H3. The number of likely N-dealkylation sites (N-methyl/N-ethyl adjacent to an activating group) is 1. The predicted molar refractivity (Wildman–Crippen MR) is 90.5 cm³/mol. The van der Waals surface area contributed by atoms with E-state index in [1.165, 1.54) is 7.05 Å². The number of imide groups is 1. The monoisotopic (exact) mass is 360 g/mol. The minimum absolute atomic E-state index is 0.251. The van der Waals surface area contributed by atoms with Crippen LogP contribution in [0.25, 0.3) is 16.5 Å². The Morgan fingerprint density at radius 1 is 1.18 bits per heavy atom. The number of amides is 2. The average Bonchev–Trinajstić information content (AvgIpc) is 2.97. The average molecular weight is 361 g/mol. The molecule has 1 aromatic heterocycles. The summed E-state index contributed by atoms with van der Waals surface area (Å²) in [4.78, 5) is 29.1. The van der Waals surface area contributed by atoms with Gasteiger partial charge in [0.05, 0.1) is 10.1 Å². The van der Waals surface area contributed by atoms with Crippen molar-refractivity contribution in [2.45, 2.75) is 26.2 Å². The number of nitrogens with zero attached hydrogens (tertiary/aromatic N) is 1. The number of rotatable bonds is 4. The summed E-state index contributed by atoms with van der Waals surface area (Å²) in [5.74, 6) is -0.536. The first-order chi connectivity index (χ1) is 10.6.